The molecule has 9 heteroatoms. The topological polar surface area (TPSA) is 75.2 Å². The van der Waals surface area contributed by atoms with Gasteiger partial charge in [0.05, 0.1) is 28.0 Å². The van der Waals surface area contributed by atoms with Gasteiger partial charge in [0.2, 0.25) is 5.91 Å². The molecule has 0 radical (unpaired) electrons. The second-order valence-electron chi connectivity index (χ2n) is 4.71. The lowest BCUT2D eigenvalue weighted by Crippen LogP contribution is -2.35. The van der Waals surface area contributed by atoms with E-state index in [2.05, 4.69) is 14.9 Å². The van der Waals surface area contributed by atoms with Crippen LogP contribution in [0.5, 0.6) is 0 Å². The van der Waals surface area contributed by atoms with Crippen molar-refractivity contribution in [1.29, 1.82) is 0 Å². The zero-order valence-electron chi connectivity index (χ0n) is 12.5. The number of nitrogens with one attached hydrogen (secondary N) is 1. The molecule has 122 valence electrons. The maximum absolute atomic E-state index is 12.3. The van der Waals surface area contributed by atoms with Crippen LogP contribution in [0.4, 0.5) is 5.69 Å². The van der Waals surface area contributed by atoms with E-state index in [1.165, 1.54) is 11.9 Å². The molecule has 0 saturated heterocycles. The minimum atomic E-state index is -0.397. The quantitative estimate of drug-likeness (QED) is 0.874. The van der Waals surface area contributed by atoms with Gasteiger partial charge in [0.25, 0.3) is 5.91 Å². The first kappa shape index (κ1) is 17.7. The number of aromatic nitrogens is 2. The van der Waals surface area contributed by atoms with Crippen molar-refractivity contribution in [2.45, 2.75) is 13.3 Å². The third-order valence-electron chi connectivity index (χ3n) is 3.04. The Hall–Kier alpha value is -1.70. The summed E-state index contributed by atoms with van der Waals surface area (Å²) < 4.78 is 3.78. The van der Waals surface area contributed by atoms with Gasteiger partial charge in [-0.1, -0.05) is 40.7 Å². The molecule has 0 aliphatic rings. The maximum atomic E-state index is 12.3. The molecule has 6 nitrogen and oxygen atoms in total. The van der Waals surface area contributed by atoms with E-state index in [1.807, 2.05) is 6.92 Å². The highest BCUT2D eigenvalue weighted by atomic mass is 35.5. The third-order valence-corrected chi connectivity index (χ3v) is 4.43. The number of carbonyl (C=O) groups excluding carboxylic acids is 2. The Labute approximate surface area is 147 Å². The van der Waals surface area contributed by atoms with E-state index >= 15 is 0 Å². The fourth-order valence-electron chi connectivity index (χ4n) is 1.86. The van der Waals surface area contributed by atoms with E-state index in [0.29, 0.717) is 32.7 Å². The van der Waals surface area contributed by atoms with Crippen molar-refractivity contribution in [3.63, 3.8) is 0 Å². The van der Waals surface area contributed by atoms with Crippen LogP contribution in [0, 0.1) is 0 Å². The fraction of sp³-hybridized carbons (Fsp3) is 0.286. The Kier molecular flexibility index (Phi) is 5.92. The average molecular weight is 373 g/mol. The predicted octanol–water partition coefficient (Wildman–Crippen LogP) is 3.12. The van der Waals surface area contributed by atoms with E-state index in [1.54, 1.807) is 18.2 Å². The molecule has 1 aromatic heterocycles. The summed E-state index contributed by atoms with van der Waals surface area (Å²) in [5.41, 5.74) is 0.955. The molecule has 0 spiro atoms. The summed E-state index contributed by atoms with van der Waals surface area (Å²) in [7, 11) is 1.54. The van der Waals surface area contributed by atoms with E-state index in [-0.39, 0.29) is 12.5 Å². The molecule has 0 aliphatic heterocycles. The monoisotopic (exact) mass is 372 g/mol. The number of anilines is 1. The molecule has 0 saturated carbocycles. The number of halogens is 2. The van der Waals surface area contributed by atoms with Gasteiger partial charge >= 0.3 is 0 Å². The number of amides is 2. The van der Waals surface area contributed by atoms with Crippen molar-refractivity contribution in [1.82, 2.24) is 14.5 Å². The third kappa shape index (κ3) is 4.19. The Morgan fingerprint density at radius 3 is 2.57 bits per heavy atom. The molecule has 1 N–H and O–H groups in total. The Morgan fingerprint density at radius 2 is 1.96 bits per heavy atom. The SMILES string of the molecule is CCc1nnsc1C(=O)N(C)CC(=O)Nc1c(Cl)cccc1Cl. The zero-order chi connectivity index (χ0) is 17.0. The van der Waals surface area contributed by atoms with Crippen molar-refractivity contribution in [3.05, 3.63) is 38.8 Å². The zero-order valence-corrected chi connectivity index (χ0v) is 14.8. The molecule has 0 aliphatic carbocycles. The normalized spacial score (nSPS) is 10.4. The van der Waals surface area contributed by atoms with Crippen molar-refractivity contribution in [3.8, 4) is 0 Å². The number of carbonyl (C=O) groups is 2. The second-order valence-corrected chi connectivity index (χ2v) is 6.28. The number of rotatable bonds is 5. The van der Waals surface area contributed by atoms with E-state index < -0.39 is 5.91 Å². The summed E-state index contributed by atoms with van der Waals surface area (Å²) in [4.78, 5) is 26.2. The highest BCUT2D eigenvalue weighted by molar-refractivity contribution is 7.08. The number of aryl methyl sites for hydroxylation is 1. The van der Waals surface area contributed by atoms with Gasteiger partial charge in [-0.2, -0.15) is 0 Å². The van der Waals surface area contributed by atoms with Gasteiger partial charge in [-0.25, -0.2) is 0 Å². The molecule has 0 bridgehead atoms. The van der Waals surface area contributed by atoms with Gasteiger partial charge in [-0.05, 0) is 30.1 Å². The summed E-state index contributed by atoms with van der Waals surface area (Å²) >= 11 is 13.0. The van der Waals surface area contributed by atoms with Crippen LogP contribution in [0.2, 0.25) is 10.0 Å². The number of hydrogen-bond acceptors (Lipinski definition) is 5. The molecule has 0 unspecified atom stereocenters. The minimum Gasteiger partial charge on any atom is -0.332 e. The van der Waals surface area contributed by atoms with Crippen LogP contribution in [-0.4, -0.2) is 39.9 Å². The number of nitrogens with zero attached hydrogens (tertiary/aromatic N) is 3. The molecule has 0 atom stereocenters. The van der Waals surface area contributed by atoms with Gasteiger partial charge in [-0.15, -0.1) is 5.10 Å². The number of para-hydroxylation sites is 1. The largest absolute Gasteiger partial charge is 0.332 e. The lowest BCUT2D eigenvalue weighted by atomic mass is 10.2. The first-order valence-electron chi connectivity index (χ1n) is 6.74. The Bertz CT molecular complexity index is 715. The highest BCUT2D eigenvalue weighted by Gasteiger charge is 2.21. The number of hydrogen-bond donors (Lipinski definition) is 1. The lowest BCUT2D eigenvalue weighted by molar-refractivity contribution is -0.116. The molecule has 1 heterocycles. The van der Waals surface area contributed by atoms with Gasteiger partial charge in [0.15, 0.2) is 0 Å². The van der Waals surface area contributed by atoms with Crippen molar-refractivity contribution in [2.24, 2.45) is 0 Å². The predicted molar refractivity (Wildman–Crippen MR) is 91.3 cm³/mol. The van der Waals surface area contributed by atoms with Crippen LogP contribution in [0.25, 0.3) is 0 Å². The van der Waals surface area contributed by atoms with E-state index in [0.717, 1.165) is 11.5 Å². The fourth-order valence-corrected chi connectivity index (χ4v) is 3.10. The molecule has 0 fully saturated rings. The first-order valence-corrected chi connectivity index (χ1v) is 8.27. The molecular formula is C14H14Cl2N4O2S. The Balaban J connectivity index is 2.04. The lowest BCUT2D eigenvalue weighted by Gasteiger charge is -2.17. The first-order chi connectivity index (χ1) is 10.9. The summed E-state index contributed by atoms with van der Waals surface area (Å²) in [6.07, 6.45) is 0.604. The molecule has 23 heavy (non-hydrogen) atoms. The highest BCUT2D eigenvalue weighted by Crippen LogP contribution is 2.29. The number of likely N-dealkylation sites (N-methyl/N-ethyl adjacent to an activating group) is 1. The van der Waals surface area contributed by atoms with Crippen molar-refractivity contribution >= 4 is 52.2 Å². The smallest absolute Gasteiger partial charge is 0.267 e. The van der Waals surface area contributed by atoms with Crippen LogP contribution < -0.4 is 5.32 Å². The minimum absolute atomic E-state index is 0.137. The summed E-state index contributed by atoms with van der Waals surface area (Å²) in [5.74, 6) is -0.691. The van der Waals surface area contributed by atoms with Crippen LogP contribution in [0.3, 0.4) is 0 Å². The molecule has 2 amide bonds. The van der Waals surface area contributed by atoms with Crippen molar-refractivity contribution in [2.75, 3.05) is 18.9 Å². The van der Waals surface area contributed by atoms with Gasteiger partial charge < -0.3 is 10.2 Å². The standard InChI is InChI=1S/C14H14Cl2N4O2S/c1-3-10-13(23-19-18-10)14(22)20(2)7-11(21)17-12-8(15)5-4-6-9(12)16/h4-6H,3,7H2,1-2H3,(H,17,21). The average Bonchev–Trinajstić information content (AvgIpc) is 2.98. The van der Waals surface area contributed by atoms with Gasteiger partial charge in [0.1, 0.15) is 4.88 Å². The van der Waals surface area contributed by atoms with E-state index in [9.17, 15) is 9.59 Å². The van der Waals surface area contributed by atoms with Crippen molar-refractivity contribution < 1.29 is 9.59 Å². The molecule has 2 aromatic rings. The van der Waals surface area contributed by atoms with Crippen LogP contribution in [-0.2, 0) is 11.2 Å². The van der Waals surface area contributed by atoms with Gasteiger partial charge in [-0.3, -0.25) is 9.59 Å². The summed E-state index contributed by atoms with van der Waals surface area (Å²) in [5, 5.41) is 7.17. The van der Waals surface area contributed by atoms with Crippen LogP contribution in [0.1, 0.15) is 22.3 Å². The summed E-state index contributed by atoms with van der Waals surface area (Å²) in [6, 6.07) is 4.92. The van der Waals surface area contributed by atoms with Crippen LogP contribution >= 0.6 is 34.7 Å². The van der Waals surface area contributed by atoms with Crippen LogP contribution in [0.15, 0.2) is 18.2 Å². The maximum Gasteiger partial charge on any atom is 0.267 e. The second kappa shape index (κ2) is 7.72. The molecular weight excluding hydrogens is 359 g/mol. The Morgan fingerprint density at radius 1 is 1.30 bits per heavy atom. The summed E-state index contributed by atoms with van der Waals surface area (Å²) in [6.45, 7) is 1.75. The number of benzene rings is 1. The molecule has 1 aromatic carbocycles. The van der Waals surface area contributed by atoms with E-state index in [4.69, 9.17) is 23.2 Å². The van der Waals surface area contributed by atoms with Gasteiger partial charge in [0, 0.05) is 7.05 Å². The molecule has 2 rings (SSSR count).